The van der Waals surface area contributed by atoms with Crippen LogP contribution in [0.3, 0.4) is 0 Å². The summed E-state index contributed by atoms with van der Waals surface area (Å²) < 4.78 is 1.14. The highest BCUT2D eigenvalue weighted by atomic mass is 35.5. The summed E-state index contributed by atoms with van der Waals surface area (Å²) in [7, 11) is 0. The third-order valence-corrected chi connectivity index (χ3v) is 6.47. The number of rotatable bonds is 4. The van der Waals surface area contributed by atoms with E-state index in [1.165, 1.54) is 0 Å². The van der Waals surface area contributed by atoms with Crippen molar-refractivity contribution < 1.29 is 4.79 Å². The van der Waals surface area contributed by atoms with Gasteiger partial charge in [0.1, 0.15) is 0 Å². The molecule has 140 valence electrons. The van der Waals surface area contributed by atoms with Crippen molar-refractivity contribution in [2.75, 3.05) is 18.0 Å². The lowest BCUT2D eigenvalue weighted by molar-refractivity contribution is -0.126. The van der Waals surface area contributed by atoms with E-state index < -0.39 is 0 Å². The number of hydrogen-bond acceptors (Lipinski definition) is 4. The maximum absolute atomic E-state index is 12.6. The number of nitrogens with zero attached hydrogens (tertiary/aromatic N) is 2. The van der Waals surface area contributed by atoms with E-state index in [-0.39, 0.29) is 17.9 Å². The van der Waals surface area contributed by atoms with Gasteiger partial charge in [-0.15, -0.1) is 0 Å². The van der Waals surface area contributed by atoms with Gasteiger partial charge in [0.25, 0.3) is 0 Å². The summed E-state index contributed by atoms with van der Waals surface area (Å²) in [6.45, 7) is 3.74. The number of carbonyl (C=O) groups excluding carboxylic acids is 1. The van der Waals surface area contributed by atoms with Crippen LogP contribution in [0, 0.1) is 5.92 Å². The summed E-state index contributed by atoms with van der Waals surface area (Å²) in [6.07, 6.45) is 1.70. The maximum Gasteiger partial charge on any atom is 0.223 e. The van der Waals surface area contributed by atoms with Gasteiger partial charge in [-0.05, 0) is 43.5 Å². The van der Waals surface area contributed by atoms with E-state index in [0.717, 1.165) is 46.8 Å². The molecule has 4 nitrogen and oxygen atoms in total. The Balaban J connectivity index is 1.36. The maximum atomic E-state index is 12.6. The van der Waals surface area contributed by atoms with Crippen molar-refractivity contribution in [3.05, 3.63) is 59.1 Å². The summed E-state index contributed by atoms with van der Waals surface area (Å²) in [5.74, 6) is 0.221. The van der Waals surface area contributed by atoms with E-state index in [9.17, 15) is 4.79 Å². The molecule has 1 saturated heterocycles. The van der Waals surface area contributed by atoms with E-state index in [1.807, 2.05) is 55.5 Å². The quantitative estimate of drug-likeness (QED) is 0.668. The Morgan fingerprint density at radius 3 is 2.70 bits per heavy atom. The Morgan fingerprint density at radius 2 is 1.96 bits per heavy atom. The van der Waals surface area contributed by atoms with E-state index >= 15 is 0 Å². The minimum atomic E-state index is 0.0331. The van der Waals surface area contributed by atoms with E-state index in [2.05, 4.69) is 10.2 Å². The number of aromatic nitrogens is 1. The number of thiazole rings is 1. The SMILES string of the molecule is C[C@@H](NC(=O)C1CCN(c2nc3cc(Cl)ccc3s2)CC1)c1ccccc1. The molecule has 1 aromatic heterocycles. The molecule has 2 heterocycles. The summed E-state index contributed by atoms with van der Waals surface area (Å²) in [5.41, 5.74) is 2.08. The number of hydrogen-bond donors (Lipinski definition) is 1. The van der Waals surface area contributed by atoms with Gasteiger partial charge < -0.3 is 10.2 Å². The van der Waals surface area contributed by atoms with Crippen LogP contribution in [0.25, 0.3) is 10.2 Å². The number of carbonyl (C=O) groups is 1. The predicted octanol–water partition coefficient (Wildman–Crippen LogP) is 5.04. The lowest BCUT2D eigenvalue weighted by Crippen LogP contribution is -2.41. The summed E-state index contributed by atoms with van der Waals surface area (Å²) >= 11 is 7.75. The van der Waals surface area contributed by atoms with Crippen molar-refractivity contribution in [2.24, 2.45) is 5.92 Å². The molecule has 4 rings (SSSR count). The number of halogens is 1. The molecule has 0 aliphatic carbocycles. The van der Waals surface area contributed by atoms with Gasteiger partial charge in [0.15, 0.2) is 5.13 Å². The average molecular weight is 400 g/mol. The molecule has 1 aliphatic heterocycles. The molecule has 0 bridgehead atoms. The Morgan fingerprint density at radius 1 is 1.22 bits per heavy atom. The lowest BCUT2D eigenvalue weighted by atomic mass is 9.95. The number of benzene rings is 2. The van der Waals surface area contributed by atoms with Crippen molar-refractivity contribution in [2.45, 2.75) is 25.8 Å². The fourth-order valence-corrected chi connectivity index (χ4v) is 4.68. The summed E-state index contributed by atoms with van der Waals surface area (Å²) in [5, 5.41) is 4.89. The highest BCUT2D eigenvalue weighted by Crippen LogP contribution is 2.32. The lowest BCUT2D eigenvalue weighted by Gasteiger charge is -2.31. The predicted molar refractivity (Wildman–Crippen MR) is 113 cm³/mol. The van der Waals surface area contributed by atoms with Crippen molar-refractivity contribution in [1.82, 2.24) is 10.3 Å². The van der Waals surface area contributed by atoms with Gasteiger partial charge in [-0.3, -0.25) is 4.79 Å². The van der Waals surface area contributed by atoms with Crippen molar-refractivity contribution >= 4 is 44.2 Å². The first-order chi connectivity index (χ1) is 13.1. The molecule has 1 N–H and O–H groups in total. The van der Waals surface area contributed by atoms with Crippen LogP contribution < -0.4 is 10.2 Å². The minimum Gasteiger partial charge on any atom is -0.349 e. The highest BCUT2D eigenvalue weighted by molar-refractivity contribution is 7.22. The van der Waals surface area contributed by atoms with Crippen LogP contribution >= 0.6 is 22.9 Å². The van der Waals surface area contributed by atoms with Crippen molar-refractivity contribution in [3.8, 4) is 0 Å². The molecule has 1 aliphatic rings. The van der Waals surface area contributed by atoms with Crippen LogP contribution in [0.2, 0.25) is 5.02 Å². The minimum absolute atomic E-state index is 0.0331. The topological polar surface area (TPSA) is 45.2 Å². The third-order valence-electron chi connectivity index (χ3n) is 5.13. The van der Waals surface area contributed by atoms with E-state index in [1.54, 1.807) is 11.3 Å². The normalized spacial score (nSPS) is 16.4. The summed E-state index contributed by atoms with van der Waals surface area (Å²) in [4.78, 5) is 19.6. The van der Waals surface area contributed by atoms with Gasteiger partial charge in [0.2, 0.25) is 5.91 Å². The molecule has 6 heteroatoms. The van der Waals surface area contributed by atoms with Crippen molar-refractivity contribution in [3.63, 3.8) is 0 Å². The first-order valence-electron chi connectivity index (χ1n) is 9.26. The zero-order valence-corrected chi connectivity index (χ0v) is 16.8. The van der Waals surface area contributed by atoms with Crippen LogP contribution in [-0.2, 0) is 4.79 Å². The Kier molecular flexibility index (Phi) is 5.32. The third kappa shape index (κ3) is 4.09. The van der Waals surface area contributed by atoms with Crippen LogP contribution in [0.4, 0.5) is 5.13 Å². The van der Waals surface area contributed by atoms with Crippen molar-refractivity contribution in [1.29, 1.82) is 0 Å². The number of nitrogens with one attached hydrogen (secondary N) is 1. The fourth-order valence-electron chi connectivity index (χ4n) is 3.51. The standard InChI is InChI=1S/C21H22ClN3OS/c1-14(15-5-3-2-4-6-15)23-20(26)16-9-11-25(12-10-16)21-24-18-13-17(22)7-8-19(18)27-21/h2-8,13-14,16H,9-12H2,1H3,(H,23,26)/t14-/m1/s1. The van der Waals surface area contributed by atoms with Crippen LogP contribution in [0.1, 0.15) is 31.4 Å². The van der Waals surface area contributed by atoms with Gasteiger partial charge in [-0.25, -0.2) is 4.98 Å². The fraction of sp³-hybridized carbons (Fsp3) is 0.333. The molecule has 0 unspecified atom stereocenters. The number of fused-ring (bicyclic) bond motifs is 1. The second kappa shape index (κ2) is 7.87. The molecule has 2 aromatic carbocycles. The first-order valence-corrected chi connectivity index (χ1v) is 10.5. The molecule has 1 fully saturated rings. The zero-order valence-electron chi connectivity index (χ0n) is 15.2. The number of anilines is 1. The molecular formula is C21H22ClN3OS. The van der Waals surface area contributed by atoms with E-state index in [4.69, 9.17) is 16.6 Å². The van der Waals surface area contributed by atoms with Crippen LogP contribution in [0.5, 0.6) is 0 Å². The molecule has 0 spiro atoms. The molecule has 3 aromatic rings. The highest BCUT2D eigenvalue weighted by Gasteiger charge is 2.27. The zero-order chi connectivity index (χ0) is 18.8. The molecule has 0 radical (unpaired) electrons. The van der Waals surface area contributed by atoms with Gasteiger partial charge in [0.05, 0.1) is 16.3 Å². The van der Waals surface area contributed by atoms with Crippen LogP contribution in [-0.4, -0.2) is 24.0 Å². The van der Waals surface area contributed by atoms with Gasteiger partial charge in [0, 0.05) is 24.0 Å². The van der Waals surface area contributed by atoms with Gasteiger partial charge >= 0.3 is 0 Å². The smallest absolute Gasteiger partial charge is 0.223 e. The molecular weight excluding hydrogens is 378 g/mol. The Bertz CT molecular complexity index is 935. The first kappa shape index (κ1) is 18.3. The molecule has 27 heavy (non-hydrogen) atoms. The van der Waals surface area contributed by atoms with Gasteiger partial charge in [-0.2, -0.15) is 0 Å². The monoisotopic (exact) mass is 399 g/mol. The van der Waals surface area contributed by atoms with Crippen LogP contribution in [0.15, 0.2) is 48.5 Å². The largest absolute Gasteiger partial charge is 0.349 e. The average Bonchev–Trinajstić information content (AvgIpc) is 3.12. The molecule has 0 saturated carbocycles. The second-order valence-electron chi connectivity index (χ2n) is 7.01. The molecule has 1 atom stereocenters. The Labute approximate surface area is 168 Å². The number of piperidine rings is 1. The second-order valence-corrected chi connectivity index (χ2v) is 8.46. The molecule has 1 amide bonds. The Hall–Kier alpha value is -2.11. The van der Waals surface area contributed by atoms with E-state index in [0.29, 0.717) is 5.02 Å². The van der Waals surface area contributed by atoms with Gasteiger partial charge in [-0.1, -0.05) is 53.3 Å². The number of amides is 1. The summed E-state index contributed by atoms with van der Waals surface area (Å²) in [6, 6.07) is 15.9.